The molecule has 1 aromatic heterocycles. The van der Waals surface area contributed by atoms with E-state index in [0.717, 1.165) is 22.7 Å². The Morgan fingerprint density at radius 1 is 1.03 bits per heavy atom. The molecule has 1 unspecified atom stereocenters. The summed E-state index contributed by atoms with van der Waals surface area (Å²) in [7, 11) is -2.32. The molecule has 0 amide bonds. The Labute approximate surface area is 197 Å². The van der Waals surface area contributed by atoms with Gasteiger partial charge < -0.3 is 9.88 Å². The molecule has 1 heterocycles. The third-order valence-electron chi connectivity index (χ3n) is 5.94. The number of rotatable bonds is 6. The van der Waals surface area contributed by atoms with E-state index in [1.807, 2.05) is 18.2 Å². The minimum absolute atomic E-state index is 0.663. The van der Waals surface area contributed by atoms with Crippen LogP contribution in [0.15, 0.2) is 71.6 Å². The maximum atomic E-state index is 12.6. The first-order valence-electron chi connectivity index (χ1n) is 11.0. The maximum absolute atomic E-state index is 12.6. The lowest BCUT2D eigenvalue weighted by Crippen LogP contribution is -2.07. The third-order valence-corrected chi connectivity index (χ3v) is 7.19. The van der Waals surface area contributed by atoms with Crippen LogP contribution in [0.2, 0.25) is 0 Å². The van der Waals surface area contributed by atoms with Gasteiger partial charge in [-0.2, -0.15) is 0 Å². The van der Waals surface area contributed by atoms with Crippen molar-refractivity contribution in [2.45, 2.75) is 39.1 Å². The number of allylic oxidation sites excluding steroid dienone is 2. The standard InChI is InChI=1S/C28H31N3OS/c1-7-22(25-16-20(3)8-11-21(25)4)18-31-27-15-14-24(33(5,6)32)17-26(27)30-28(31)29-23-12-9-19(2)10-13-23/h7-17H,5,18H2,1-4,6H3,(H,29,30)/b22-7-. The van der Waals surface area contributed by atoms with E-state index in [1.165, 1.54) is 27.8 Å². The van der Waals surface area contributed by atoms with Crippen molar-refractivity contribution >= 4 is 43.6 Å². The second-order valence-corrected chi connectivity index (χ2v) is 11.3. The van der Waals surface area contributed by atoms with Gasteiger partial charge in [0.25, 0.3) is 0 Å². The van der Waals surface area contributed by atoms with E-state index < -0.39 is 9.52 Å². The zero-order chi connectivity index (χ0) is 23.8. The first kappa shape index (κ1) is 22.9. The first-order chi connectivity index (χ1) is 15.7. The molecule has 1 N–H and O–H groups in total. The maximum Gasteiger partial charge on any atom is 0.208 e. The molecule has 4 nitrogen and oxygen atoms in total. The highest BCUT2D eigenvalue weighted by Crippen LogP contribution is 2.29. The monoisotopic (exact) mass is 457 g/mol. The molecule has 0 radical (unpaired) electrons. The van der Waals surface area contributed by atoms with Crippen LogP contribution in [0.3, 0.4) is 0 Å². The molecule has 0 bridgehead atoms. The van der Waals surface area contributed by atoms with Gasteiger partial charge in [-0.15, -0.1) is 0 Å². The molecule has 0 aliphatic rings. The fourth-order valence-electron chi connectivity index (χ4n) is 3.98. The minimum Gasteiger partial charge on any atom is -0.326 e. The lowest BCUT2D eigenvalue weighted by atomic mass is 9.98. The normalized spacial score (nSPS) is 13.8. The van der Waals surface area contributed by atoms with Crippen LogP contribution in [0.25, 0.3) is 16.6 Å². The summed E-state index contributed by atoms with van der Waals surface area (Å²) < 4.78 is 14.7. The molecule has 0 spiro atoms. The molecule has 170 valence electrons. The van der Waals surface area contributed by atoms with Gasteiger partial charge in [0.2, 0.25) is 5.95 Å². The summed E-state index contributed by atoms with van der Waals surface area (Å²) in [6.07, 6.45) is 3.83. The van der Waals surface area contributed by atoms with Crippen LogP contribution in [0.1, 0.15) is 29.2 Å². The number of hydrogen-bond acceptors (Lipinski definition) is 3. The molecular weight excluding hydrogens is 426 g/mol. The van der Waals surface area contributed by atoms with Gasteiger partial charge in [0, 0.05) is 16.8 Å². The predicted molar refractivity (Wildman–Crippen MR) is 143 cm³/mol. The highest BCUT2D eigenvalue weighted by molar-refractivity contribution is 7.99. The minimum atomic E-state index is -2.32. The average Bonchev–Trinajstić information content (AvgIpc) is 3.11. The summed E-state index contributed by atoms with van der Waals surface area (Å²) in [5, 5.41) is 3.49. The molecule has 0 saturated carbocycles. The molecule has 4 rings (SSSR count). The lowest BCUT2D eigenvalue weighted by molar-refractivity contribution is 0.685. The topological polar surface area (TPSA) is 46.9 Å². The highest BCUT2D eigenvalue weighted by atomic mass is 32.2. The van der Waals surface area contributed by atoms with E-state index in [-0.39, 0.29) is 0 Å². The number of benzene rings is 3. The van der Waals surface area contributed by atoms with E-state index in [2.05, 4.69) is 92.0 Å². The Morgan fingerprint density at radius 3 is 2.39 bits per heavy atom. The quantitative estimate of drug-likeness (QED) is 0.336. The number of anilines is 2. The Hall–Kier alpha value is -3.31. The van der Waals surface area contributed by atoms with Crippen molar-refractivity contribution in [1.29, 1.82) is 0 Å². The number of fused-ring (bicyclic) bond motifs is 1. The van der Waals surface area contributed by atoms with Crippen LogP contribution in [-0.2, 0) is 16.1 Å². The molecule has 1 atom stereocenters. The van der Waals surface area contributed by atoms with Gasteiger partial charge in [0.1, 0.15) is 0 Å². The molecule has 33 heavy (non-hydrogen) atoms. The van der Waals surface area contributed by atoms with Gasteiger partial charge in [0.05, 0.1) is 17.6 Å². The van der Waals surface area contributed by atoms with Crippen molar-refractivity contribution in [3.63, 3.8) is 0 Å². The molecule has 5 heteroatoms. The number of aromatic nitrogens is 2. The Morgan fingerprint density at radius 2 is 1.73 bits per heavy atom. The SMILES string of the molecule is C=S(C)(=O)c1ccc2c(c1)nc(Nc1ccc(C)cc1)n2C/C(=C/C)c1cc(C)ccc1C. The van der Waals surface area contributed by atoms with Gasteiger partial charge in [0.15, 0.2) is 0 Å². The number of nitrogens with zero attached hydrogens (tertiary/aromatic N) is 2. The summed E-state index contributed by atoms with van der Waals surface area (Å²) >= 11 is 0. The highest BCUT2D eigenvalue weighted by Gasteiger charge is 2.16. The average molecular weight is 458 g/mol. The number of imidazole rings is 1. The fraction of sp³-hybridized carbons (Fsp3) is 0.214. The Balaban J connectivity index is 1.84. The van der Waals surface area contributed by atoms with E-state index >= 15 is 0 Å². The van der Waals surface area contributed by atoms with Crippen LogP contribution in [0.4, 0.5) is 11.6 Å². The number of aryl methyl sites for hydroxylation is 3. The lowest BCUT2D eigenvalue weighted by Gasteiger charge is -2.16. The van der Waals surface area contributed by atoms with Crippen molar-refractivity contribution in [3.8, 4) is 0 Å². The van der Waals surface area contributed by atoms with Gasteiger partial charge in [-0.05, 0) is 90.1 Å². The molecule has 0 aliphatic carbocycles. The summed E-state index contributed by atoms with van der Waals surface area (Å²) in [6, 6.07) is 20.6. The van der Waals surface area contributed by atoms with Gasteiger partial charge in [-0.1, -0.05) is 47.5 Å². The van der Waals surface area contributed by atoms with Crippen molar-refractivity contribution in [1.82, 2.24) is 9.55 Å². The Kier molecular flexibility index (Phi) is 6.17. The van der Waals surface area contributed by atoms with Crippen molar-refractivity contribution in [2.75, 3.05) is 11.6 Å². The largest absolute Gasteiger partial charge is 0.326 e. The fourth-order valence-corrected chi connectivity index (χ4v) is 4.70. The summed E-state index contributed by atoms with van der Waals surface area (Å²) in [5.41, 5.74) is 8.92. The predicted octanol–water partition coefficient (Wildman–Crippen LogP) is 6.51. The second kappa shape index (κ2) is 8.91. The van der Waals surface area contributed by atoms with Crippen LogP contribution in [-0.4, -0.2) is 25.9 Å². The van der Waals surface area contributed by atoms with Crippen molar-refractivity contribution in [3.05, 3.63) is 89.0 Å². The van der Waals surface area contributed by atoms with Crippen LogP contribution < -0.4 is 5.32 Å². The summed E-state index contributed by atoms with van der Waals surface area (Å²) in [4.78, 5) is 5.61. The number of nitrogens with one attached hydrogen (secondary N) is 1. The summed E-state index contributed by atoms with van der Waals surface area (Å²) in [5.74, 6) is 4.59. The summed E-state index contributed by atoms with van der Waals surface area (Å²) in [6.45, 7) is 9.08. The van der Waals surface area contributed by atoms with Crippen molar-refractivity contribution < 1.29 is 4.21 Å². The van der Waals surface area contributed by atoms with Crippen LogP contribution in [0, 0.1) is 20.8 Å². The van der Waals surface area contributed by atoms with Gasteiger partial charge >= 0.3 is 0 Å². The molecular formula is C28H31N3OS. The number of hydrogen-bond donors (Lipinski definition) is 1. The molecule has 0 saturated heterocycles. The smallest absolute Gasteiger partial charge is 0.208 e. The van der Waals surface area contributed by atoms with E-state index in [0.29, 0.717) is 11.4 Å². The van der Waals surface area contributed by atoms with Gasteiger partial charge in [-0.25, -0.2) is 4.98 Å². The second-order valence-electron chi connectivity index (χ2n) is 8.80. The molecule has 4 aromatic rings. The first-order valence-corrected chi connectivity index (χ1v) is 13.2. The van der Waals surface area contributed by atoms with E-state index in [9.17, 15) is 4.21 Å². The zero-order valence-corrected chi connectivity index (χ0v) is 20.8. The molecule has 3 aromatic carbocycles. The van der Waals surface area contributed by atoms with E-state index in [4.69, 9.17) is 4.98 Å². The van der Waals surface area contributed by atoms with E-state index in [1.54, 1.807) is 6.26 Å². The third kappa shape index (κ3) is 4.88. The van der Waals surface area contributed by atoms with Gasteiger partial charge in [-0.3, -0.25) is 4.21 Å². The molecule has 0 fully saturated rings. The Bertz CT molecular complexity index is 1460. The van der Waals surface area contributed by atoms with Crippen LogP contribution >= 0.6 is 0 Å². The molecule has 0 aliphatic heterocycles. The van der Waals surface area contributed by atoms with Crippen molar-refractivity contribution in [2.24, 2.45) is 0 Å². The van der Waals surface area contributed by atoms with Crippen LogP contribution in [0.5, 0.6) is 0 Å². The zero-order valence-electron chi connectivity index (χ0n) is 20.0.